The van der Waals surface area contributed by atoms with Gasteiger partial charge in [-0.15, -0.1) is 0 Å². The highest BCUT2D eigenvalue weighted by Crippen LogP contribution is 2.64. The van der Waals surface area contributed by atoms with Crippen molar-refractivity contribution in [2.45, 2.75) is 58.8 Å². The van der Waals surface area contributed by atoms with Crippen molar-refractivity contribution < 1.29 is 0 Å². The van der Waals surface area contributed by atoms with Crippen molar-refractivity contribution in [1.29, 1.82) is 0 Å². The van der Waals surface area contributed by atoms with E-state index in [2.05, 4.69) is 210 Å². The standard InChI is InChI=1S/C55H47N/c1-7-9-16-37(8-2)40-17-12-15-22-53(40)56(38-25-29-43-41-18-10-13-20-47(41)54(5,6)49(43)33-38)39-26-30-46-42-19-11-14-21-48(42)55(52(46)34-39)50-31-35(3)23-27-44(50)45-28-24-36(4)32-51(45)55/h8-34H,7H2,1-6H3/b16-9-,37-8+. The molecule has 1 heteroatoms. The molecule has 0 fully saturated rings. The molecule has 0 N–H and O–H groups in total. The maximum Gasteiger partial charge on any atom is 0.0726 e. The van der Waals surface area contributed by atoms with Gasteiger partial charge in [0.05, 0.1) is 11.1 Å². The summed E-state index contributed by atoms with van der Waals surface area (Å²) in [5.41, 5.74) is 24.1. The lowest BCUT2D eigenvalue weighted by Crippen LogP contribution is -2.26. The van der Waals surface area contributed by atoms with E-state index < -0.39 is 5.41 Å². The second kappa shape index (κ2) is 12.7. The van der Waals surface area contributed by atoms with Crippen molar-refractivity contribution in [3.63, 3.8) is 0 Å². The normalized spacial score (nSPS) is 15.0. The molecule has 0 atom stereocenters. The van der Waals surface area contributed by atoms with Crippen LogP contribution in [0.25, 0.3) is 39.0 Å². The molecule has 0 amide bonds. The Morgan fingerprint density at radius 2 is 1.00 bits per heavy atom. The Hall–Kier alpha value is -6.18. The van der Waals surface area contributed by atoms with E-state index in [1.54, 1.807) is 0 Å². The number of nitrogens with zero attached hydrogens (tertiary/aromatic N) is 1. The minimum atomic E-state index is -0.435. The molecule has 0 bridgehead atoms. The zero-order valence-electron chi connectivity index (χ0n) is 33.2. The van der Waals surface area contributed by atoms with E-state index in [0.717, 1.165) is 23.5 Å². The number of benzene rings is 7. The van der Waals surface area contributed by atoms with Crippen LogP contribution in [0.15, 0.2) is 164 Å². The first-order valence-corrected chi connectivity index (χ1v) is 20.2. The lowest BCUT2D eigenvalue weighted by molar-refractivity contribution is 0.660. The van der Waals surface area contributed by atoms with Crippen molar-refractivity contribution in [1.82, 2.24) is 0 Å². The van der Waals surface area contributed by atoms with E-state index in [4.69, 9.17) is 0 Å². The van der Waals surface area contributed by atoms with Crippen LogP contribution in [0.5, 0.6) is 0 Å². The summed E-state index contributed by atoms with van der Waals surface area (Å²) in [5.74, 6) is 0. The van der Waals surface area contributed by atoms with Crippen LogP contribution in [0, 0.1) is 13.8 Å². The predicted molar refractivity (Wildman–Crippen MR) is 238 cm³/mol. The molecule has 1 nitrogen and oxygen atoms in total. The van der Waals surface area contributed by atoms with Crippen LogP contribution in [0.2, 0.25) is 0 Å². The van der Waals surface area contributed by atoms with Crippen LogP contribution in [0.1, 0.15) is 84.2 Å². The first-order valence-electron chi connectivity index (χ1n) is 20.2. The van der Waals surface area contributed by atoms with Crippen LogP contribution < -0.4 is 4.90 Å². The molecule has 3 aliphatic carbocycles. The van der Waals surface area contributed by atoms with Gasteiger partial charge in [-0.3, -0.25) is 0 Å². The van der Waals surface area contributed by atoms with Crippen LogP contribution in [-0.2, 0) is 10.8 Å². The summed E-state index contributed by atoms with van der Waals surface area (Å²) in [6, 6.07) is 55.7. The molecule has 10 rings (SSSR count). The Morgan fingerprint density at radius 1 is 0.518 bits per heavy atom. The van der Waals surface area contributed by atoms with Crippen LogP contribution >= 0.6 is 0 Å². The average molecular weight is 722 g/mol. The topological polar surface area (TPSA) is 3.24 Å². The molecule has 0 aliphatic heterocycles. The second-order valence-electron chi connectivity index (χ2n) is 16.4. The molecule has 7 aromatic carbocycles. The van der Waals surface area contributed by atoms with Crippen molar-refractivity contribution in [2.75, 3.05) is 4.90 Å². The highest BCUT2D eigenvalue weighted by atomic mass is 15.1. The third kappa shape index (κ3) is 4.73. The quantitative estimate of drug-likeness (QED) is 0.155. The zero-order valence-corrected chi connectivity index (χ0v) is 33.2. The average Bonchev–Trinajstić information content (AvgIpc) is 3.76. The summed E-state index contributed by atoms with van der Waals surface area (Å²) in [6.45, 7) is 13.6. The van der Waals surface area contributed by atoms with Crippen molar-refractivity contribution >= 4 is 22.6 Å². The van der Waals surface area contributed by atoms with E-state index in [1.165, 1.54) is 89.0 Å². The van der Waals surface area contributed by atoms with Crippen LogP contribution in [-0.4, -0.2) is 0 Å². The fourth-order valence-corrected chi connectivity index (χ4v) is 10.3. The molecule has 0 unspecified atom stereocenters. The molecule has 0 saturated heterocycles. The SMILES string of the molecule is C/C=C(\C=C/CC)c1ccccc1N(c1ccc2c(c1)C(C)(C)c1ccccc1-2)c1ccc2c(c1)C1(c3ccccc3-2)c2cc(C)ccc2-c2ccc(C)cc21. The van der Waals surface area contributed by atoms with E-state index in [-0.39, 0.29) is 5.41 Å². The first-order chi connectivity index (χ1) is 27.3. The Bertz CT molecular complexity index is 2760. The zero-order chi connectivity index (χ0) is 38.3. The highest BCUT2D eigenvalue weighted by Gasteiger charge is 2.52. The third-order valence-electron chi connectivity index (χ3n) is 12.9. The van der Waals surface area contributed by atoms with Crippen LogP contribution in [0.3, 0.4) is 0 Å². The third-order valence-corrected chi connectivity index (χ3v) is 12.9. The van der Waals surface area contributed by atoms with Gasteiger partial charge in [-0.05, 0) is 130 Å². The number of aryl methyl sites for hydroxylation is 2. The van der Waals surface area contributed by atoms with Gasteiger partial charge in [0.15, 0.2) is 0 Å². The monoisotopic (exact) mass is 721 g/mol. The number of anilines is 3. The number of para-hydroxylation sites is 1. The minimum Gasteiger partial charge on any atom is -0.310 e. The Balaban J connectivity index is 1.27. The molecule has 0 saturated carbocycles. The van der Waals surface area contributed by atoms with Crippen molar-refractivity contribution in [3.8, 4) is 33.4 Å². The van der Waals surface area contributed by atoms with Gasteiger partial charge in [0, 0.05) is 22.4 Å². The molecular formula is C55H47N. The van der Waals surface area contributed by atoms with Gasteiger partial charge in [-0.1, -0.05) is 165 Å². The lowest BCUT2D eigenvalue weighted by atomic mass is 9.70. The van der Waals surface area contributed by atoms with Gasteiger partial charge in [-0.25, -0.2) is 0 Å². The molecule has 1 spiro atoms. The van der Waals surface area contributed by atoms with E-state index in [0.29, 0.717) is 0 Å². The molecular weight excluding hydrogens is 675 g/mol. The van der Waals surface area contributed by atoms with Gasteiger partial charge < -0.3 is 4.90 Å². The van der Waals surface area contributed by atoms with Crippen molar-refractivity contribution in [3.05, 3.63) is 214 Å². The highest BCUT2D eigenvalue weighted by molar-refractivity contribution is 5.97. The molecule has 56 heavy (non-hydrogen) atoms. The van der Waals surface area contributed by atoms with E-state index in [1.807, 2.05) is 0 Å². The number of rotatable bonds is 6. The Morgan fingerprint density at radius 3 is 1.62 bits per heavy atom. The van der Waals surface area contributed by atoms with Gasteiger partial charge in [0.2, 0.25) is 0 Å². The van der Waals surface area contributed by atoms with Gasteiger partial charge >= 0.3 is 0 Å². The maximum atomic E-state index is 2.53. The largest absolute Gasteiger partial charge is 0.310 e. The Labute approximate surface area is 332 Å². The molecule has 0 heterocycles. The predicted octanol–water partition coefficient (Wildman–Crippen LogP) is 14.8. The molecule has 0 aromatic heterocycles. The lowest BCUT2D eigenvalue weighted by Gasteiger charge is -2.33. The van der Waals surface area contributed by atoms with Crippen molar-refractivity contribution in [2.24, 2.45) is 0 Å². The summed E-state index contributed by atoms with van der Waals surface area (Å²) in [7, 11) is 0. The van der Waals surface area contributed by atoms with E-state index in [9.17, 15) is 0 Å². The molecule has 272 valence electrons. The number of hydrogen-bond donors (Lipinski definition) is 0. The number of allylic oxidation sites excluding steroid dienone is 4. The second-order valence-corrected chi connectivity index (χ2v) is 16.4. The number of fused-ring (bicyclic) bond motifs is 13. The fraction of sp³-hybridized carbons (Fsp3) is 0.164. The smallest absolute Gasteiger partial charge is 0.0726 e. The van der Waals surface area contributed by atoms with Gasteiger partial charge in [0.25, 0.3) is 0 Å². The minimum absolute atomic E-state index is 0.123. The Kier molecular flexibility index (Phi) is 7.77. The summed E-state index contributed by atoms with van der Waals surface area (Å²) >= 11 is 0. The number of hydrogen-bond acceptors (Lipinski definition) is 1. The summed E-state index contributed by atoms with van der Waals surface area (Å²) in [4.78, 5) is 2.53. The van der Waals surface area contributed by atoms with E-state index >= 15 is 0 Å². The van der Waals surface area contributed by atoms with Gasteiger partial charge in [-0.2, -0.15) is 0 Å². The molecule has 3 aliphatic rings. The first kappa shape index (κ1) is 34.3. The maximum absolute atomic E-state index is 2.53. The van der Waals surface area contributed by atoms with Crippen LogP contribution in [0.4, 0.5) is 17.1 Å². The fourth-order valence-electron chi connectivity index (χ4n) is 10.3. The summed E-state index contributed by atoms with van der Waals surface area (Å²) < 4.78 is 0. The molecule has 7 aromatic rings. The summed E-state index contributed by atoms with van der Waals surface area (Å²) in [6.07, 6.45) is 7.78. The molecule has 0 radical (unpaired) electrons. The van der Waals surface area contributed by atoms with Gasteiger partial charge in [0.1, 0.15) is 0 Å². The summed E-state index contributed by atoms with van der Waals surface area (Å²) in [5, 5.41) is 0.